The topological polar surface area (TPSA) is 35.2 Å². The Bertz CT molecular complexity index is 637. The van der Waals surface area contributed by atoms with Crippen molar-refractivity contribution in [2.45, 2.75) is 26.8 Å². The lowest BCUT2D eigenvalue weighted by molar-refractivity contribution is 0.404. The zero-order valence-electron chi connectivity index (χ0n) is 12.3. The third-order valence-corrected chi connectivity index (χ3v) is 4.06. The van der Waals surface area contributed by atoms with Gasteiger partial charge in [0.05, 0.1) is 13.2 Å². The molecule has 0 saturated heterocycles. The molecule has 0 bridgehead atoms. The molecule has 2 rings (SSSR count). The minimum Gasteiger partial charge on any atom is -0.496 e. The van der Waals surface area contributed by atoms with Crippen LogP contribution in [-0.2, 0) is 0 Å². The van der Waals surface area contributed by atoms with E-state index in [-0.39, 0.29) is 6.04 Å². The van der Waals surface area contributed by atoms with Gasteiger partial charge in [-0.05, 0) is 55.2 Å². The number of aryl methyl sites for hydroxylation is 2. The van der Waals surface area contributed by atoms with E-state index in [1.165, 1.54) is 5.56 Å². The summed E-state index contributed by atoms with van der Waals surface area (Å²) in [5, 5.41) is 0.698. The van der Waals surface area contributed by atoms with Crippen molar-refractivity contribution in [1.29, 1.82) is 0 Å². The van der Waals surface area contributed by atoms with Crippen molar-refractivity contribution in [3.8, 4) is 5.75 Å². The van der Waals surface area contributed by atoms with E-state index >= 15 is 0 Å². The molecular weight excluding hydrogens is 270 g/mol. The van der Waals surface area contributed by atoms with Gasteiger partial charge in [0.1, 0.15) is 5.75 Å². The number of ether oxygens (including phenoxy) is 1. The SMILES string of the molecule is COc1c(C(N)c2cc(Cl)ccc2C)ccc(C)c1C. The van der Waals surface area contributed by atoms with Gasteiger partial charge in [-0.2, -0.15) is 0 Å². The fourth-order valence-corrected chi connectivity index (χ4v) is 2.62. The van der Waals surface area contributed by atoms with Crippen molar-refractivity contribution in [3.05, 3.63) is 63.2 Å². The van der Waals surface area contributed by atoms with E-state index in [4.69, 9.17) is 22.1 Å². The zero-order valence-corrected chi connectivity index (χ0v) is 13.1. The lowest BCUT2D eigenvalue weighted by Crippen LogP contribution is -2.15. The second-order valence-corrected chi connectivity index (χ2v) is 5.54. The van der Waals surface area contributed by atoms with Gasteiger partial charge in [0.2, 0.25) is 0 Å². The first-order chi connectivity index (χ1) is 9.45. The van der Waals surface area contributed by atoms with Crippen LogP contribution in [0.25, 0.3) is 0 Å². The van der Waals surface area contributed by atoms with Gasteiger partial charge in [-0.3, -0.25) is 0 Å². The lowest BCUT2D eigenvalue weighted by Gasteiger charge is -2.20. The Balaban J connectivity index is 2.56. The van der Waals surface area contributed by atoms with E-state index < -0.39 is 0 Å². The Labute approximate surface area is 125 Å². The molecule has 1 unspecified atom stereocenters. The Kier molecular flexibility index (Phi) is 4.36. The number of methoxy groups -OCH3 is 1. The highest BCUT2D eigenvalue weighted by molar-refractivity contribution is 6.30. The lowest BCUT2D eigenvalue weighted by atomic mass is 9.92. The van der Waals surface area contributed by atoms with Gasteiger partial charge in [0.25, 0.3) is 0 Å². The molecular formula is C17H20ClNO. The molecule has 2 nitrogen and oxygen atoms in total. The second-order valence-electron chi connectivity index (χ2n) is 5.11. The standard InChI is InChI=1S/C17H20ClNO/c1-10-6-8-14(17(20-4)12(10)3)16(19)15-9-13(18)7-5-11(15)2/h5-9,16H,19H2,1-4H3. The molecule has 0 fully saturated rings. The van der Waals surface area contributed by atoms with Crippen LogP contribution >= 0.6 is 11.6 Å². The van der Waals surface area contributed by atoms with Gasteiger partial charge in [-0.15, -0.1) is 0 Å². The summed E-state index contributed by atoms with van der Waals surface area (Å²) in [6, 6.07) is 9.66. The van der Waals surface area contributed by atoms with Crippen LogP contribution in [0.2, 0.25) is 5.02 Å². The molecule has 0 heterocycles. The Morgan fingerprint density at radius 1 is 1.00 bits per heavy atom. The summed E-state index contributed by atoms with van der Waals surface area (Å²) in [5.41, 5.74) is 11.9. The zero-order chi connectivity index (χ0) is 14.9. The van der Waals surface area contributed by atoms with Gasteiger partial charge < -0.3 is 10.5 Å². The summed E-state index contributed by atoms with van der Waals surface area (Å²) in [4.78, 5) is 0. The number of benzene rings is 2. The molecule has 0 amide bonds. The minimum atomic E-state index is -0.247. The summed E-state index contributed by atoms with van der Waals surface area (Å²) < 4.78 is 5.56. The van der Waals surface area contributed by atoms with E-state index in [0.29, 0.717) is 5.02 Å². The van der Waals surface area contributed by atoms with Crippen LogP contribution in [0.5, 0.6) is 5.75 Å². The van der Waals surface area contributed by atoms with Crippen LogP contribution in [0.3, 0.4) is 0 Å². The number of hydrogen-bond acceptors (Lipinski definition) is 2. The van der Waals surface area contributed by atoms with Crippen LogP contribution < -0.4 is 10.5 Å². The molecule has 106 valence electrons. The normalized spacial score (nSPS) is 12.3. The van der Waals surface area contributed by atoms with Gasteiger partial charge in [0.15, 0.2) is 0 Å². The highest BCUT2D eigenvalue weighted by atomic mass is 35.5. The summed E-state index contributed by atoms with van der Waals surface area (Å²) in [7, 11) is 1.68. The Morgan fingerprint density at radius 3 is 2.30 bits per heavy atom. The first kappa shape index (κ1) is 14.9. The number of hydrogen-bond donors (Lipinski definition) is 1. The predicted molar refractivity (Wildman–Crippen MR) is 84.7 cm³/mol. The molecule has 20 heavy (non-hydrogen) atoms. The van der Waals surface area contributed by atoms with E-state index in [1.54, 1.807) is 7.11 Å². The van der Waals surface area contributed by atoms with Crippen molar-refractivity contribution in [2.24, 2.45) is 5.73 Å². The Morgan fingerprint density at radius 2 is 1.65 bits per heavy atom. The summed E-state index contributed by atoms with van der Waals surface area (Å²) in [5.74, 6) is 0.858. The quantitative estimate of drug-likeness (QED) is 0.913. The molecule has 2 N–H and O–H groups in total. The summed E-state index contributed by atoms with van der Waals surface area (Å²) in [6.07, 6.45) is 0. The van der Waals surface area contributed by atoms with Crippen LogP contribution in [0.1, 0.15) is 33.9 Å². The van der Waals surface area contributed by atoms with E-state index in [1.807, 2.05) is 31.2 Å². The first-order valence-electron chi connectivity index (χ1n) is 6.61. The minimum absolute atomic E-state index is 0.247. The Hall–Kier alpha value is -1.51. The number of rotatable bonds is 3. The third-order valence-electron chi connectivity index (χ3n) is 3.82. The smallest absolute Gasteiger partial charge is 0.127 e. The maximum absolute atomic E-state index is 6.44. The van der Waals surface area contributed by atoms with Crippen molar-refractivity contribution >= 4 is 11.6 Å². The second kappa shape index (κ2) is 5.86. The highest BCUT2D eigenvalue weighted by Crippen LogP contribution is 2.34. The van der Waals surface area contributed by atoms with Crippen molar-refractivity contribution < 1.29 is 4.74 Å². The highest BCUT2D eigenvalue weighted by Gasteiger charge is 2.18. The molecule has 0 aromatic heterocycles. The van der Waals surface area contributed by atoms with E-state index in [9.17, 15) is 0 Å². The van der Waals surface area contributed by atoms with Gasteiger partial charge >= 0.3 is 0 Å². The first-order valence-corrected chi connectivity index (χ1v) is 6.99. The summed E-state index contributed by atoms with van der Waals surface area (Å²) in [6.45, 7) is 6.16. The van der Waals surface area contributed by atoms with Crippen molar-refractivity contribution in [2.75, 3.05) is 7.11 Å². The van der Waals surface area contributed by atoms with Gasteiger partial charge in [-0.1, -0.05) is 29.8 Å². The molecule has 2 aromatic carbocycles. The average molecular weight is 290 g/mol. The molecule has 0 aliphatic rings. The van der Waals surface area contributed by atoms with Crippen molar-refractivity contribution in [3.63, 3.8) is 0 Å². The molecule has 1 atom stereocenters. The largest absolute Gasteiger partial charge is 0.496 e. The number of nitrogens with two attached hydrogens (primary N) is 1. The fourth-order valence-electron chi connectivity index (χ4n) is 2.44. The molecule has 0 aliphatic carbocycles. The maximum Gasteiger partial charge on any atom is 0.127 e. The monoisotopic (exact) mass is 289 g/mol. The average Bonchev–Trinajstić information content (AvgIpc) is 2.43. The maximum atomic E-state index is 6.44. The third kappa shape index (κ3) is 2.67. The molecule has 0 saturated carbocycles. The molecule has 3 heteroatoms. The molecule has 2 aromatic rings. The predicted octanol–water partition coefficient (Wildman–Crippen LogP) is 4.32. The van der Waals surface area contributed by atoms with E-state index in [0.717, 1.165) is 28.0 Å². The van der Waals surface area contributed by atoms with Crippen LogP contribution in [0.15, 0.2) is 30.3 Å². The van der Waals surface area contributed by atoms with Gasteiger partial charge in [0, 0.05) is 10.6 Å². The van der Waals surface area contributed by atoms with Crippen LogP contribution in [0, 0.1) is 20.8 Å². The number of halogens is 1. The van der Waals surface area contributed by atoms with E-state index in [2.05, 4.69) is 19.9 Å². The summed E-state index contributed by atoms with van der Waals surface area (Å²) >= 11 is 6.09. The van der Waals surface area contributed by atoms with Crippen LogP contribution in [0.4, 0.5) is 0 Å². The molecule has 0 radical (unpaired) electrons. The molecule has 0 aliphatic heterocycles. The van der Waals surface area contributed by atoms with Gasteiger partial charge in [-0.25, -0.2) is 0 Å². The molecule has 0 spiro atoms. The fraction of sp³-hybridized carbons (Fsp3) is 0.294. The van der Waals surface area contributed by atoms with Crippen molar-refractivity contribution in [1.82, 2.24) is 0 Å². The van der Waals surface area contributed by atoms with Crippen LogP contribution in [-0.4, -0.2) is 7.11 Å².